The highest BCUT2D eigenvalue weighted by Crippen LogP contribution is 2.42. The fraction of sp³-hybridized carbons (Fsp3) is 0.929. The van der Waals surface area contributed by atoms with Gasteiger partial charge in [-0.3, -0.25) is 4.79 Å². The highest BCUT2D eigenvalue weighted by molar-refractivity contribution is 7.88. The Balaban J connectivity index is 1.60. The fourth-order valence-corrected chi connectivity index (χ4v) is 4.61. The Labute approximate surface area is 121 Å². The molecule has 6 heteroatoms. The van der Waals surface area contributed by atoms with Crippen molar-refractivity contribution in [3.05, 3.63) is 0 Å². The molecule has 0 aromatic carbocycles. The van der Waals surface area contributed by atoms with E-state index in [1.807, 2.05) is 4.90 Å². The summed E-state index contributed by atoms with van der Waals surface area (Å²) in [7, 11) is -3.08. The van der Waals surface area contributed by atoms with Crippen LogP contribution in [-0.4, -0.2) is 56.0 Å². The van der Waals surface area contributed by atoms with Crippen molar-refractivity contribution in [2.75, 3.05) is 32.4 Å². The maximum atomic E-state index is 12.2. The molecule has 0 bridgehead atoms. The zero-order chi connectivity index (χ0) is 14.4. The Hall–Kier alpha value is -0.620. The number of amides is 1. The summed E-state index contributed by atoms with van der Waals surface area (Å²) in [6.45, 7) is 2.92. The quantitative estimate of drug-likeness (QED) is 0.783. The van der Waals surface area contributed by atoms with Crippen LogP contribution in [-0.2, 0) is 14.8 Å². The number of carbonyl (C=O) groups is 1. The van der Waals surface area contributed by atoms with Crippen LogP contribution < -0.4 is 0 Å². The van der Waals surface area contributed by atoms with Gasteiger partial charge in [-0.1, -0.05) is 6.42 Å². The van der Waals surface area contributed by atoms with Crippen molar-refractivity contribution in [3.63, 3.8) is 0 Å². The van der Waals surface area contributed by atoms with Crippen molar-refractivity contribution in [2.24, 2.45) is 11.3 Å². The molecular formula is C14H24N2O3S. The van der Waals surface area contributed by atoms with Crippen molar-refractivity contribution >= 4 is 15.9 Å². The summed E-state index contributed by atoms with van der Waals surface area (Å²) in [6.07, 6.45) is 7.38. The van der Waals surface area contributed by atoms with Crippen molar-refractivity contribution in [1.29, 1.82) is 0 Å². The largest absolute Gasteiger partial charge is 0.342 e. The van der Waals surface area contributed by atoms with E-state index in [4.69, 9.17) is 0 Å². The molecule has 0 aromatic rings. The Bertz CT molecular complexity index is 491. The molecule has 1 spiro atoms. The first-order chi connectivity index (χ1) is 9.38. The van der Waals surface area contributed by atoms with Crippen LogP contribution in [0, 0.1) is 11.3 Å². The molecule has 0 atom stereocenters. The highest BCUT2D eigenvalue weighted by atomic mass is 32.2. The zero-order valence-electron chi connectivity index (χ0n) is 12.2. The van der Waals surface area contributed by atoms with Gasteiger partial charge in [0.1, 0.15) is 0 Å². The molecule has 0 unspecified atom stereocenters. The minimum atomic E-state index is -3.08. The van der Waals surface area contributed by atoms with Crippen LogP contribution in [0.4, 0.5) is 0 Å². The second-order valence-electron chi connectivity index (χ2n) is 6.91. The first-order valence-electron chi connectivity index (χ1n) is 7.61. The van der Waals surface area contributed by atoms with E-state index in [2.05, 4.69) is 0 Å². The third kappa shape index (κ3) is 2.72. The van der Waals surface area contributed by atoms with Crippen LogP contribution in [0.15, 0.2) is 0 Å². The third-order valence-electron chi connectivity index (χ3n) is 5.36. The summed E-state index contributed by atoms with van der Waals surface area (Å²) in [6, 6.07) is 0. The molecule has 20 heavy (non-hydrogen) atoms. The van der Waals surface area contributed by atoms with Crippen molar-refractivity contribution in [1.82, 2.24) is 9.21 Å². The number of nitrogens with zero attached hydrogens (tertiary/aromatic N) is 2. The first-order valence-corrected chi connectivity index (χ1v) is 9.46. The Morgan fingerprint density at radius 1 is 1.25 bits per heavy atom. The van der Waals surface area contributed by atoms with E-state index >= 15 is 0 Å². The van der Waals surface area contributed by atoms with Gasteiger partial charge >= 0.3 is 0 Å². The van der Waals surface area contributed by atoms with Gasteiger partial charge in [0.05, 0.1) is 6.26 Å². The SMILES string of the molecule is CS(=O)(=O)N1CCC2(CC1)CC(=O)N(CC1CCC1)C2. The Morgan fingerprint density at radius 2 is 1.90 bits per heavy atom. The van der Waals surface area contributed by atoms with Gasteiger partial charge in [-0.05, 0) is 37.0 Å². The van der Waals surface area contributed by atoms with Crippen LogP contribution in [0.2, 0.25) is 0 Å². The lowest BCUT2D eigenvalue weighted by Gasteiger charge is -2.38. The minimum absolute atomic E-state index is 0.0437. The van der Waals surface area contributed by atoms with E-state index in [9.17, 15) is 13.2 Å². The molecule has 5 nitrogen and oxygen atoms in total. The van der Waals surface area contributed by atoms with Gasteiger partial charge in [-0.25, -0.2) is 12.7 Å². The van der Waals surface area contributed by atoms with Crippen LogP contribution in [0.25, 0.3) is 0 Å². The predicted octanol–water partition coefficient (Wildman–Crippen LogP) is 1.06. The molecule has 0 radical (unpaired) electrons. The molecule has 3 rings (SSSR count). The molecule has 0 aromatic heterocycles. The number of hydrogen-bond donors (Lipinski definition) is 0. The Morgan fingerprint density at radius 3 is 2.40 bits per heavy atom. The van der Waals surface area contributed by atoms with Gasteiger partial charge in [0.25, 0.3) is 0 Å². The van der Waals surface area contributed by atoms with Crippen LogP contribution in [0.3, 0.4) is 0 Å². The average molecular weight is 300 g/mol. The monoisotopic (exact) mass is 300 g/mol. The van der Waals surface area contributed by atoms with E-state index in [1.165, 1.54) is 25.5 Å². The number of carbonyl (C=O) groups excluding carboxylic acids is 1. The lowest BCUT2D eigenvalue weighted by Crippen LogP contribution is -2.44. The smallest absolute Gasteiger partial charge is 0.223 e. The molecular weight excluding hydrogens is 276 g/mol. The summed E-state index contributed by atoms with van der Waals surface area (Å²) < 4.78 is 24.7. The Kier molecular flexibility index (Phi) is 3.57. The number of sulfonamides is 1. The highest BCUT2D eigenvalue weighted by Gasteiger charge is 2.46. The topological polar surface area (TPSA) is 57.7 Å². The van der Waals surface area contributed by atoms with Crippen molar-refractivity contribution in [2.45, 2.75) is 38.5 Å². The van der Waals surface area contributed by atoms with Gasteiger partial charge in [0, 0.05) is 32.6 Å². The van der Waals surface area contributed by atoms with Crippen LogP contribution >= 0.6 is 0 Å². The summed E-state index contributed by atoms with van der Waals surface area (Å²) in [5, 5.41) is 0. The fourth-order valence-electron chi connectivity index (χ4n) is 3.76. The molecule has 114 valence electrons. The van der Waals surface area contributed by atoms with E-state index in [1.54, 1.807) is 4.31 Å². The van der Waals surface area contributed by atoms with Crippen LogP contribution in [0.1, 0.15) is 38.5 Å². The number of rotatable bonds is 3. The maximum Gasteiger partial charge on any atom is 0.223 e. The third-order valence-corrected chi connectivity index (χ3v) is 6.66. The van der Waals surface area contributed by atoms with E-state index < -0.39 is 10.0 Å². The average Bonchev–Trinajstić information content (AvgIpc) is 2.60. The molecule has 2 aliphatic heterocycles. The molecule has 1 saturated carbocycles. The van der Waals surface area contributed by atoms with E-state index in [0.29, 0.717) is 25.4 Å². The number of likely N-dealkylation sites (tertiary alicyclic amines) is 1. The normalized spacial score (nSPS) is 28.1. The first kappa shape index (κ1) is 14.3. The summed E-state index contributed by atoms with van der Waals surface area (Å²) in [5.41, 5.74) is 0.0437. The van der Waals surface area contributed by atoms with Gasteiger partial charge in [-0.15, -0.1) is 0 Å². The van der Waals surface area contributed by atoms with Gasteiger partial charge < -0.3 is 4.90 Å². The summed E-state index contributed by atoms with van der Waals surface area (Å²) >= 11 is 0. The molecule has 2 heterocycles. The molecule has 2 saturated heterocycles. The number of piperidine rings is 1. The van der Waals surface area contributed by atoms with Crippen molar-refractivity contribution < 1.29 is 13.2 Å². The summed E-state index contributed by atoms with van der Waals surface area (Å²) in [5.74, 6) is 0.995. The van der Waals surface area contributed by atoms with Gasteiger partial charge in [0.2, 0.25) is 15.9 Å². The second-order valence-corrected chi connectivity index (χ2v) is 8.89. The van der Waals surface area contributed by atoms with Gasteiger partial charge in [-0.2, -0.15) is 0 Å². The van der Waals surface area contributed by atoms with E-state index in [-0.39, 0.29) is 11.3 Å². The predicted molar refractivity (Wildman–Crippen MR) is 76.6 cm³/mol. The van der Waals surface area contributed by atoms with Crippen molar-refractivity contribution in [3.8, 4) is 0 Å². The lowest BCUT2D eigenvalue weighted by molar-refractivity contribution is -0.128. The molecule has 1 aliphatic carbocycles. The molecule has 3 fully saturated rings. The van der Waals surface area contributed by atoms with Crippen LogP contribution in [0.5, 0.6) is 0 Å². The summed E-state index contributed by atoms with van der Waals surface area (Å²) in [4.78, 5) is 14.2. The van der Waals surface area contributed by atoms with E-state index in [0.717, 1.165) is 25.9 Å². The van der Waals surface area contributed by atoms with Gasteiger partial charge in [0.15, 0.2) is 0 Å². The zero-order valence-corrected chi connectivity index (χ0v) is 13.0. The molecule has 0 N–H and O–H groups in total. The standard InChI is InChI=1S/C14H24N2O3S/c1-20(18,19)16-7-5-14(6-8-16)9-13(17)15(11-14)10-12-3-2-4-12/h12H,2-11H2,1H3. The number of hydrogen-bond acceptors (Lipinski definition) is 3. The maximum absolute atomic E-state index is 12.2. The second kappa shape index (κ2) is 4.98. The molecule has 1 amide bonds. The molecule has 3 aliphatic rings. The minimum Gasteiger partial charge on any atom is -0.342 e. The lowest BCUT2D eigenvalue weighted by atomic mass is 9.78.